The van der Waals surface area contributed by atoms with Crippen molar-refractivity contribution in [2.75, 3.05) is 13.2 Å². The molecule has 166 valence electrons. The summed E-state index contributed by atoms with van der Waals surface area (Å²) < 4.78 is 27.0. The van der Waals surface area contributed by atoms with Crippen LogP contribution in [0.4, 0.5) is 4.39 Å². The lowest BCUT2D eigenvalue weighted by Crippen LogP contribution is -2.37. The lowest BCUT2D eigenvalue weighted by Gasteiger charge is -2.22. The molecule has 0 spiro atoms. The predicted molar refractivity (Wildman–Crippen MR) is 119 cm³/mol. The summed E-state index contributed by atoms with van der Waals surface area (Å²) in [7, 11) is -1.71. The van der Waals surface area contributed by atoms with Crippen LogP contribution in [-0.4, -0.2) is 48.3 Å². The fraction of sp³-hybridized carbons (Fsp3) is 0.522. The Hall–Kier alpha value is -2.32. The third kappa shape index (κ3) is 4.50. The molecule has 1 amide bonds. The highest BCUT2D eigenvalue weighted by molar-refractivity contribution is 6.86. The minimum atomic E-state index is -1.71. The quantitative estimate of drug-likeness (QED) is 0.587. The average Bonchev–Trinajstić information content (AvgIpc) is 3.06. The maximum absolute atomic E-state index is 15.1. The van der Waals surface area contributed by atoms with E-state index in [0.717, 1.165) is 25.4 Å². The zero-order valence-electron chi connectivity index (χ0n) is 18.7. The zero-order valence-corrected chi connectivity index (χ0v) is 19.7. The number of carbonyl (C=O) groups is 1. The number of hydrogen-bond donors (Lipinski definition) is 0. The van der Waals surface area contributed by atoms with Crippen LogP contribution in [0.1, 0.15) is 39.2 Å². The Labute approximate surface area is 183 Å². The van der Waals surface area contributed by atoms with E-state index in [0.29, 0.717) is 29.9 Å². The maximum Gasteiger partial charge on any atom is 0.316 e. The number of aromatic nitrogens is 2. The third-order valence-corrected chi connectivity index (χ3v) is 11.8. The molecule has 31 heavy (non-hydrogen) atoms. The molecule has 2 aliphatic rings. The molecule has 8 heteroatoms. The highest BCUT2D eigenvalue weighted by Gasteiger charge is 2.62. The van der Waals surface area contributed by atoms with Crippen molar-refractivity contribution in [3.05, 3.63) is 42.0 Å². The highest BCUT2D eigenvalue weighted by Crippen LogP contribution is 2.62. The molecule has 2 aromatic rings. The zero-order chi connectivity index (χ0) is 22.2. The molecule has 0 bridgehead atoms. The topological polar surface area (TPSA) is 64.6 Å². The molecule has 4 rings (SSSR count). The molecule has 0 aliphatic carbocycles. The summed E-state index contributed by atoms with van der Waals surface area (Å²) in [6.07, 6.45) is 5.04. The minimum absolute atomic E-state index is 0.0526. The minimum Gasteiger partial charge on any atom is -0.461 e. The van der Waals surface area contributed by atoms with E-state index in [9.17, 15) is 4.79 Å². The van der Waals surface area contributed by atoms with E-state index in [-0.39, 0.29) is 28.8 Å². The van der Waals surface area contributed by atoms with Crippen LogP contribution in [0.3, 0.4) is 0 Å². The summed E-state index contributed by atoms with van der Waals surface area (Å²) in [5.74, 6) is -0.234. The van der Waals surface area contributed by atoms with Crippen molar-refractivity contribution in [1.82, 2.24) is 14.9 Å². The molecule has 2 unspecified atom stereocenters. The van der Waals surface area contributed by atoms with Gasteiger partial charge in [0.15, 0.2) is 8.32 Å². The first-order valence-electron chi connectivity index (χ1n) is 10.8. The van der Waals surface area contributed by atoms with E-state index in [1.54, 1.807) is 31.5 Å². The van der Waals surface area contributed by atoms with Gasteiger partial charge in [-0.1, -0.05) is 32.0 Å². The van der Waals surface area contributed by atoms with Crippen LogP contribution in [0, 0.1) is 5.82 Å². The second kappa shape index (κ2) is 8.31. The molecule has 1 aromatic carbocycles. The van der Waals surface area contributed by atoms with Gasteiger partial charge in [0.25, 0.3) is 0 Å². The summed E-state index contributed by atoms with van der Waals surface area (Å²) in [4.78, 5) is 22.0. The van der Waals surface area contributed by atoms with Crippen LogP contribution >= 0.6 is 0 Å². The predicted octanol–water partition coefficient (Wildman–Crippen LogP) is 4.56. The van der Waals surface area contributed by atoms with Gasteiger partial charge in [0.1, 0.15) is 12.4 Å². The van der Waals surface area contributed by atoms with E-state index >= 15 is 4.39 Å². The maximum atomic E-state index is 15.1. The van der Waals surface area contributed by atoms with Crippen molar-refractivity contribution >= 4 is 14.2 Å². The number of amides is 1. The van der Waals surface area contributed by atoms with Gasteiger partial charge in [-0.2, -0.15) is 0 Å². The van der Waals surface area contributed by atoms with E-state index in [2.05, 4.69) is 30.4 Å². The first-order valence-corrected chi connectivity index (χ1v) is 13.5. The highest BCUT2D eigenvalue weighted by atomic mass is 28.4. The molecule has 1 aromatic heterocycles. The van der Waals surface area contributed by atoms with Crippen molar-refractivity contribution in [2.45, 2.75) is 63.9 Å². The van der Waals surface area contributed by atoms with E-state index in [1.165, 1.54) is 0 Å². The Kier molecular flexibility index (Phi) is 5.87. The number of benzene rings is 1. The van der Waals surface area contributed by atoms with Crippen molar-refractivity contribution in [3.63, 3.8) is 0 Å². The monoisotopic (exact) mass is 443 g/mol. The number of likely N-dealkylation sites (tertiary alicyclic amines) is 1. The van der Waals surface area contributed by atoms with Gasteiger partial charge in [0.2, 0.25) is 5.91 Å². The lowest BCUT2D eigenvalue weighted by atomic mass is 10.1. The largest absolute Gasteiger partial charge is 0.461 e. The molecule has 3 heterocycles. The van der Waals surface area contributed by atoms with Gasteiger partial charge in [-0.3, -0.25) is 4.79 Å². The molecule has 2 atom stereocenters. The number of rotatable bonds is 7. The van der Waals surface area contributed by atoms with Gasteiger partial charge in [0.05, 0.1) is 12.6 Å². The molecule has 2 saturated heterocycles. The summed E-state index contributed by atoms with van der Waals surface area (Å²) >= 11 is 0. The number of hydrogen-bond acceptors (Lipinski definition) is 5. The molecule has 0 radical (unpaired) electrons. The van der Waals surface area contributed by atoms with Gasteiger partial charge >= 0.3 is 6.01 Å². The first kappa shape index (κ1) is 21.9. The number of halogens is 1. The van der Waals surface area contributed by atoms with Crippen LogP contribution in [0.25, 0.3) is 11.1 Å². The third-order valence-electron chi connectivity index (χ3n) is 6.84. The molecular formula is C23H30FN3O3Si. The smallest absolute Gasteiger partial charge is 0.316 e. The number of nitrogens with zero attached hydrogens (tertiary/aromatic N) is 3. The van der Waals surface area contributed by atoms with Crippen LogP contribution in [0.15, 0.2) is 30.6 Å². The standard InChI is InChI=1S/C23H30FN3O3Si/c1-16(28)27-10-6-8-19(27)14-29-22-25-11-18(12-26-22)20-9-5-7-17(21(20)24)13-30-31(4)15-23(31,2)3/h5,7,9,11-12,19H,6,8,10,13-15H2,1-4H3. The normalized spacial score (nSPS) is 24.3. The fourth-order valence-electron chi connectivity index (χ4n) is 4.32. The van der Waals surface area contributed by atoms with Crippen molar-refractivity contribution in [3.8, 4) is 17.1 Å². The van der Waals surface area contributed by atoms with Gasteiger partial charge in [-0.05, 0) is 30.5 Å². The van der Waals surface area contributed by atoms with Gasteiger partial charge in [-0.25, -0.2) is 14.4 Å². The molecule has 6 nitrogen and oxygen atoms in total. The summed E-state index contributed by atoms with van der Waals surface area (Å²) in [6.45, 7) is 9.64. The van der Waals surface area contributed by atoms with Gasteiger partial charge < -0.3 is 14.1 Å². The van der Waals surface area contributed by atoms with E-state index in [4.69, 9.17) is 9.16 Å². The van der Waals surface area contributed by atoms with Crippen LogP contribution in [0.2, 0.25) is 17.6 Å². The molecular weight excluding hydrogens is 413 g/mol. The Morgan fingerprint density at radius 2 is 2.03 bits per heavy atom. The Morgan fingerprint density at radius 1 is 1.32 bits per heavy atom. The van der Waals surface area contributed by atoms with Gasteiger partial charge in [0, 0.05) is 42.6 Å². The molecule has 0 N–H and O–H groups in total. The Bertz CT molecular complexity index is 969. The summed E-state index contributed by atoms with van der Waals surface area (Å²) in [5.41, 5.74) is 1.60. The first-order chi connectivity index (χ1) is 14.7. The molecule has 2 fully saturated rings. The molecule has 0 saturated carbocycles. The van der Waals surface area contributed by atoms with E-state index < -0.39 is 8.32 Å². The average molecular weight is 444 g/mol. The second-order valence-corrected chi connectivity index (χ2v) is 13.9. The second-order valence-electron chi connectivity index (χ2n) is 9.43. The fourth-order valence-corrected chi connectivity index (χ4v) is 7.63. The number of ether oxygens (including phenoxy) is 1. The van der Waals surface area contributed by atoms with Crippen molar-refractivity contribution < 1.29 is 18.3 Å². The lowest BCUT2D eigenvalue weighted by molar-refractivity contribution is -0.130. The van der Waals surface area contributed by atoms with Crippen LogP contribution in [0.5, 0.6) is 6.01 Å². The van der Waals surface area contributed by atoms with E-state index in [1.807, 2.05) is 11.0 Å². The molecule has 2 aliphatic heterocycles. The van der Waals surface area contributed by atoms with Gasteiger partial charge in [-0.15, -0.1) is 0 Å². The number of carbonyl (C=O) groups excluding carboxylic acids is 1. The Balaban J connectivity index is 1.40. The SMILES string of the molecule is CC(=O)N1CCCC1COc1ncc(-c2cccc(CO[Si]3(C)CC3(C)C)c2F)cn1. The summed E-state index contributed by atoms with van der Waals surface area (Å²) in [5, 5.41) is 0.269. The van der Waals surface area contributed by atoms with Crippen molar-refractivity contribution in [2.24, 2.45) is 0 Å². The summed E-state index contributed by atoms with van der Waals surface area (Å²) in [6, 6.07) is 6.72. The van der Waals surface area contributed by atoms with Crippen molar-refractivity contribution in [1.29, 1.82) is 0 Å². The Morgan fingerprint density at radius 3 is 2.68 bits per heavy atom. The van der Waals surface area contributed by atoms with Crippen LogP contribution < -0.4 is 4.74 Å². The van der Waals surface area contributed by atoms with Crippen LogP contribution in [-0.2, 0) is 15.8 Å².